The molecule has 0 unspecified atom stereocenters. The van der Waals surface area contributed by atoms with E-state index in [1.165, 1.54) is 25.9 Å². The summed E-state index contributed by atoms with van der Waals surface area (Å²) in [5.74, 6) is 0. The molecule has 0 bridgehead atoms. The Kier molecular flexibility index (Phi) is 3.97. The third-order valence-corrected chi connectivity index (χ3v) is 3.09. The highest BCUT2D eigenvalue weighted by Gasteiger charge is 2.09. The molecule has 0 atom stereocenters. The Hall–Kier alpha value is -0.610. The fourth-order valence-electron chi connectivity index (χ4n) is 1.87. The summed E-state index contributed by atoms with van der Waals surface area (Å²) in [6.07, 6.45) is 6.37. The van der Waals surface area contributed by atoms with Crippen LogP contribution >= 0.6 is 15.9 Å². The van der Waals surface area contributed by atoms with E-state index in [1.807, 2.05) is 6.20 Å². The summed E-state index contributed by atoms with van der Waals surface area (Å²) in [5.41, 5.74) is 1.09. The summed E-state index contributed by atoms with van der Waals surface area (Å²) < 4.78 is 1.02. The lowest BCUT2D eigenvalue weighted by atomic mass is 10.4. The zero-order valence-corrected chi connectivity index (χ0v) is 10.3. The van der Waals surface area contributed by atoms with Gasteiger partial charge in [0.15, 0.2) is 0 Å². The van der Waals surface area contributed by atoms with Gasteiger partial charge in [-0.3, -0.25) is 4.98 Å². The highest BCUT2D eigenvalue weighted by atomic mass is 79.9. The van der Waals surface area contributed by atoms with Crippen LogP contribution in [0, 0.1) is 0 Å². The van der Waals surface area contributed by atoms with Crippen molar-refractivity contribution in [2.45, 2.75) is 12.8 Å². The van der Waals surface area contributed by atoms with Gasteiger partial charge in [0, 0.05) is 23.8 Å². The van der Waals surface area contributed by atoms with Crippen LogP contribution in [0.25, 0.3) is 0 Å². The van der Waals surface area contributed by atoms with E-state index in [9.17, 15) is 0 Å². The molecule has 0 saturated carbocycles. The van der Waals surface area contributed by atoms with E-state index in [0.717, 1.165) is 23.2 Å². The molecule has 0 spiro atoms. The van der Waals surface area contributed by atoms with Gasteiger partial charge in [-0.1, -0.05) is 0 Å². The summed E-state index contributed by atoms with van der Waals surface area (Å²) in [4.78, 5) is 6.61. The molecule has 0 aromatic carbocycles. The first-order valence-electron chi connectivity index (χ1n) is 5.41. The fourth-order valence-corrected chi connectivity index (χ4v) is 2.24. The van der Waals surface area contributed by atoms with Crippen molar-refractivity contribution in [2.75, 3.05) is 31.5 Å². The van der Waals surface area contributed by atoms with Crippen molar-refractivity contribution < 1.29 is 0 Å². The lowest BCUT2D eigenvalue weighted by molar-refractivity contribution is 0.352. The Balaban J connectivity index is 1.73. The summed E-state index contributed by atoms with van der Waals surface area (Å²) in [5, 5.41) is 3.38. The molecule has 0 aliphatic carbocycles. The lowest BCUT2D eigenvalue weighted by Gasteiger charge is -2.15. The zero-order valence-electron chi connectivity index (χ0n) is 8.75. The predicted molar refractivity (Wildman–Crippen MR) is 66.1 cm³/mol. The SMILES string of the molecule is Brc1cncc(NCCN2CCCC2)c1. The van der Waals surface area contributed by atoms with Gasteiger partial charge in [-0.2, -0.15) is 0 Å². The molecule has 2 rings (SSSR count). The first kappa shape index (κ1) is 10.9. The summed E-state index contributed by atoms with van der Waals surface area (Å²) in [7, 11) is 0. The first-order valence-corrected chi connectivity index (χ1v) is 6.21. The second-order valence-electron chi connectivity index (χ2n) is 3.87. The number of nitrogens with one attached hydrogen (secondary N) is 1. The molecular weight excluding hydrogens is 254 g/mol. The number of nitrogens with zero attached hydrogens (tertiary/aromatic N) is 2. The lowest BCUT2D eigenvalue weighted by Crippen LogP contribution is -2.25. The summed E-state index contributed by atoms with van der Waals surface area (Å²) >= 11 is 3.41. The van der Waals surface area contributed by atoms with Crippen molar-refractivity contribution in [3.05, 3.63) is 22.9 Å². The molecule has 0 radical (unpaired) electrons. The molecule has 1 aromatic heterocycles. The maximum absolute atomic E-state index is 4.11. The molecule has 1 aliphatic heterocycles. The van der Waals surface area contributed by atoms with E-state index in [0.29, 0.717) is 0 Å². The van der Waals surface area contributed by atoms with Crippen molar-refractivity contribution >= 4 is 21.6 Å². The minimum Gasteiger partial charge on any atom is -0.382 e. The van der Waals surface area contributed by atoms with Gasteiger partial charge < -0.3 is 10.2 Å². The van der Waals surface area contributed by atoms with E-state index in [-0.39, 0.29) is 0 Å². The Labute approximate surface area is 99.0 Å². The molecule has 4 heteroatoms. The van der Waals surface area contributed by atoms with Gasteiger partial charge in [0.25, 0.3) is 0 Å². The van der Waals surface area contributed by atoms with Crippen molar-refractivity contribution in [1.82, 2.24) is 9.88 Å². The number of pyridine rings is 1. The van der Waals surface area contributed by atoms with Gasteiger partial charge in [-0.25, -0.2) is 0 Å². The second kappa shape index (κ2) is 5.47. The summed E-state index contributed by atoms with van der Waals surface area (Å²) in [6.45, 7) is 4.65. The summed E-state index contributed by atoms with van der Waals surface area (Å²) in [6, 6.07) is 2.05. The molecule has 2 heterocycles. The van der Waals surface area contributed by atoms with Crippen LogP contribution in [0.15, 0.2) is 22.9 Å². The van der Waals surface area contributed by atoms with Crippen LogP contribution in [0.4, 0.5) is 5.69 Å². The third-order valence-electron chi connectivity index (χ3n) is 2.66. The van der Waals surface area contributed by atoms with Gasteiger partial charge in [0.05, 0.1) is 11.9 Å². The molecule has 1 N–H and O–H groups in total. The molecule has 0 amide bonds. The van der Waals surface area contributed by atoms with Gasteiger partial charge >= 0.3 is 0 Å². The highest BCUT2D eigenvalue weighted by Crippen LogP contribution is 2.13. The number of hydrogen-bond donors (Lipinski definition) is 1. The van der Waals surface area contributed by atoms with Crippen LogP contribution in [0.1, 0.15) is 12.8 Å². The average Bonchev–Trinajstić information content (AvgIpc) is 2.71. The Morgan fingerprint density at radius 3 is 2.87 bits per heavy atom. The largest absolute Gasteiger partial charge is 0.382 e. The number of aromatic nitrogens is 1. The first-order chi connectivity index (χ1) is 7.34. The minimum absolute atomic E-state index is 0.998. The van der Waals surface area contributed by atoms with Gasteiger partial charge in [-0.15, -0.1) is 0 Å². The fraction of sp³-hybridized carbons (Fsp3) is 0.545. The van der Waals surface area contributed by atoms with Crippen LogP contribution in [0.2, 0.25) is 0 Å². The van der Waals surface area contributed by atoms with Crippen LogP contribution < -0.4 is 5.32 Å². The highest BCUT2D eigenvalue weighted by molar-refractivity contribution is 9.10. The van der Waals surface area contributed by atoms with Gasteiger partial charge in [0.2, 0.25) is 0 Å². The maximum Gasteiger partial charge on any atom is 0.0538 e. The van der Waals surface area contributed by atoms with Crippen LogP contribution in [0.3, 0.4) is 0 Å². The molecule has 1 fully saturated rings. The number of halogens is 1. The predicted octanol–water partition coefficient (Wildman–Crippen LogP) is 2.35. The van der Waals surface area contributed by atoms with E-state index in [2.05, 4.69) is 37.2 Å². The molecule has 3 nitrogen and oxygen atoms in total. The second-order valence-corrected chi connectivity index (χ2v) is 4.78. The Morgan fingerprint density at radius 2 is 2.13 bits per heavy atom. The van der Waals surface area contributed by atoms with Gasteiger partial charge in [0.1, 0.15) is 0 Å². The van der Waals surface area contributed by atoms with Crippen molar-refractivity contribution in [1.29, 1.82) is 0 Å². The van der Waals surface area contributed by atoms with E-state index < -0.39 is 0 Å². The molecule has 82 valence electrons. The average molecular weight is 270 g/mol. The van der Waals surface area contributed by atoms with Crippen molar-refractivity contribution in [2.24, 2.45) is 0 Å². The van der Waals surface area contributed by atoms with Crippen LogP contribution in [0.5, 0.6) is 0 Å². The molecule has 1 saturated heterocycles. The quantitative estimate of drug-likeness (QED) is 0.910. The smallest absolute Gasteiger partial charge is 0.0538 e. The zero-order chi connectivity index (χ0) is 10.5. The number of likely N-dealkylation sites (tertiary alicyclic amines) is 1. The molecule has 1 aromatic rings. The van der Waals surface area contributed by atoms with E-state index in [1.54, 1.807) is 6.20 Å². The molecular formula is C11H16BrN3. The maximum atomic E-state index is 4.11. The third kappa shape index (κ3) is 3.47. The van der Waals surface area contributed by atoms with E-state index in [4.69, 9.17) is 0 Å². The van der Waals surface area contributed by atoms with Gasteiger partial charge in [-0.05, 0) is 47.9 Å². The minimum atomic E-state index is 0.998. The number of rotatable bonds is 4. The Morgan fingerprint density at radius 1 is 1.33 bits per heavy atom. The topological polar surface area (TPSA) is 28.2 Å². The van der Waals surface area contributed by atoms with Crippen LogP contribution in [-0.2, 0) is 0 Å². The number of hydrogen-bond acceptors (Lipinski definition) is 3. The van der Waals surface area contributed by atoms with Crippen molar-refractivity contribution in [3.63, 3.8) is 0 Å². The van der Waals surface area contributed by atoms with Crippen LogP contribution in [-0.4, -0.2) is 36.1 Å². The van der Waals surface area contributed by atoms with E-state index >= 15 is 0 Å². The Bertz CT molecular complexity index is 310. The molecule has 15 heavy (non-hydrogen) atoms. The monoisotopic (exact) mass is 269 g/mol. The normalized spacial score (nSPS) is 16.9. The standard InChI is InChI=1S/C11H16BrN3/c12-10-7-11(9-13-8-10)14-3-6-15-4-1-2-5-15/h7-9,14H,1-6H2. The van der Waals surface area contributed by atoms with Crippen molar-refractivity contribution in [3.8, 4) is 0 Å². The number of anilines is 1. The molecule has 1 aliphatic rings.